The summed E-state index contributed by atoms with van der Waals surface area (Å²) in [6.07, 6.45) is 5.05. The molecule has 0 bridgehead atoms. The first-order chi connectivity index (χ1) is 13.6. The quantitative estimate of drug-likeness (QED) is 0.686. The van der Waals surface area contributed by atoms with Crippen LogP contribution in [0.15, 0.2) is 61.2 Å². The summed E-state index contributed by atoms with van der Waals surface area (Å²) in [5.74, 6) is 0.975. The maximum absolute atomic E-state index is 12.7. The van der Waals surface area contributed by atoms with Crippen molar-refractivity contribution in [3.63, 3.8) is 0 Å². The number of fused-ring (bicyclic) bond motifs is 1. The fourth-order valence-corrected chi connectivity index (χ4v) is 3.24. The van der Waals surface area contributed by atoms with E-state index in [1.807, 2.05) is 48.0 Å². The molecule has 142 valence electrons. The van der Waals surface area contributed by atoms with Gasteiger partial charge in [-0.1, -0.05) is 42.5 Å². The molecule has 3 aromatic rings. The van der Waals surface area contributed by atoms with Crippen molar-refractivity contribution in [2.75, 3.05) is 18.6 Å². The van der Waals surface area contributed by atoms with E-state index >= 15 is 0 Å². The fraction of sp³-hybridized carbons (Fsp3) is 0.200. The minimum atomic E-state index is -0.457. The third kappa shape index (κ3) is 3.72. The average Bonchev–Trinajstić information content (AvgIpc) is 3.15. The van der Waals surface area contributed by atoms with Crippen LogP contribution in [-0.2, 0) is 6.54 Å². The molecule has 7 nitrogen and oxygen atoms in total. The summed E-state index contributed by atoms with van der Waals surface area (Å²) in [6, 6.07) is 13.2. The Morgan fingerprint density at radius 2 is 2.07 bits per heavy atom. The van der Waals surface area contributed by atoms with Crippen LogP contribution < -0.4 is 15.0 Å². The van der Waals surface area contributed by atoms with E-state index in [4.69, 9.17) is 17.0 Å². The predicted octanol–water partition coefficient (Wildman–Crippen LogP) is 2.28. The van der Waals surface area contributed by atoms with Gasteiger partial charge in [-0.3, -0.25) is 4.79 Å². The Hall–Kier alpha value is -3.26. The van der Waals surface area contributed by atoms with E-state index in [9.17, 15) is 4.79 Å². The second kappa shape index (κ2) is 7.77. The van der Waals surface area contributed by atoms with Crippen LogP contribution in [0, 0.1) is 0 Å². The molecule has 0 spiro atoms. The summed E-state index contributed by atoms with van der Waals surface area (Å²) < 4.78 is 7.66. The molecule has 1 aromatic carbocycles. The topological polar surface area (TPSA) is 72.3 Å². The van der Waals surface area contributed by atoms with Gasteiger partial charge in [0, 0.05) is 26.0 Å². The highest BCUT2D eigenvalue weighted by Gasteiger charge is 2.28. The van der Waals surface area contributed by atoms with Gasteiger partial charge in [-0.15, -0.1) is 0 Å². The Morgan fingerprint density at radius 3 is 2.89 bits per heavy atom. The highest BCUT2D eigenvalue weighted by molar-refractivity contribution is 7.80. The summed E-state index contributed by atoms with van der Waals surface area (Å²) in [4.78, 5) is 23.5. The van der Waals surface area contributed by atoms with Gasteiger partial charge in [-0.05, 0) is 17.7 Å². The van der Waals surface area contributed by atoms with Crippen LogP contribution in [0.4, 0.5) is 5.82 Å². The first-order valence-corrected chi connectivity index (χ1v) is 9.24. The SMILES string of the molecule is CN1C(=S)[C@@H](NC(=O)c2cn(Cc3ccccc3)cn2)COc2cccnc21. The molecule has 28 heavy (non-hydrogen) atoms. The first-order valence-electron chi connectivity index (χ1n) is 8.84. The van der Waals surface area contributed by atoms with Gasteiger partial charge in [-0.2, -0.15) is 0 Å². The normalized spacial score (nSPS) is 16.1. The van der Waals surface area contributed by atoms with Crippen LogP contribution in [0.5, 0.6) is 5.75 Å². The molecule has 0 radical (unpaired) electrons. The lowest BCUT2D eigenvalue weighted by Gasteiger charge is -2.22. The average molecular weight is 393 g/mol. The second-order valence-electron chi connectivity index (χ2n) is 6.48. The van der Waals surface area contributed by atoms with Crippen molar-refractivity contribution < 1.29 is 9.53 Å². The maximum Gasteiger partial charge on any atom is 0.272 e. The molecule has 0 saturated carbocycles. The van der Waals surface area contributed by atoms with E-state index < -0.39 is 6.04 Å². The fourth-order valence-electron chi connectivity index (χ4n) is 3.02. The minimum absolute atomic E-state index is 0.234. The first kappa shape index (κ1) is 18.1. The van der Waals surface area contributed by atoms with Crippen molar-refractivity contribution in [1.82, 2.24) is 19.9 Å². The molecular formula is C20H19N5O2S. The molecule has 8 heteroatoms. The molecule has 1 aliphatic rings. The monoisotopic (exact) mass is 393 g/mol. The Bertz CT molecular complexity index is 1000. The number of benzene rings is 1. The molecule has 0 unspecified atom stereocenters. The van der Waals surface area contributed by atoms with Crippen molar-refractivity contribution in [3.8, 4) is 5.75 Å². The number of rotatable bonds is 4. The van der Waals surface area contributed by atoms with E-state index in [0.29, 0.717) is 28.8 Å². The van der Waals surface area contributed by atoms with Gasteiger partial charge >= 0.3 is 0 Å². The number of hydrogen-bond donors (Lipinski definition) is 1. The highest BCUT2D eigenvalue weighted by atomic mass is 32.1. The number of ether oxygens (including phenoxy) is 1. The van der Waals surface area contributed by atoms with E-state index in [1.165, 1.54) is 0 Å². The number of aromatic nitrogens is 3. The van der Waals surface area contributed by atoms with E-state index in [-0.39, 0.29) is 12.5 Å². The highest BCUT2D eigenvalue weighted by Crippen LogP contribution is 2.27. The van der Waals surface area contributed by atoms with Crippen molar-refractivity contribution in [1.29, 1.82) is 0 Å². The number of likely N-dealkylation sites (N-methyl/N-ethyl adjacent to an activating group) is 1. The molecule has 1 aliphatic heterocycles. The summed E-state index contributed by atoms with van der Waals surface area (Å²) in [7, 11) is 1.82. The number of nitrogens with one attached hydrogen (secondary N) is 1. The minimum Gasteiger partial charge on any atom is -0.487 e. The molecule has 3 heterocycles. The van der Waals surface area contributed by atoms with Gasteiger partial charge in [0.25, 0.3) is 5.91 Å². The van der Waals surface area contributed by atoms with Gasteiger partial charge < -0.3 is 19.5 Å². The van der Waals surface area contributed by atoms with Crippen LogP contribution in [0.2, 0.25) is 0 Å². The number of thiocarbonyl (C=S) groups is 1. The van der Waals surface area contributed by atoms with Crippen molar-refractivity contribution >= 4 is 28.9 Å². The Morgan fingerprint density at radius 1 is 1.25 bits per heavy atom. The number of carbonyl (C=O) groups excluding carboxylic acids is 1. The van der Waals surface area contributed by atoms with Crippen LogP contribution in [0.1, 0.15) is 16.1 Å². The number of anilines is 1. The van der Waals surface area contributed by atoms with Crippen LogP contribution in [0.25, 0.3) is 0 Å². The van der Waals surface area contributed by atoms with Gasteiger partial charge in [0.15, 0.2) is 11.6 Å². The molecule has 1 N–H and O–H groups in total. The lowest BCUT2D eigenvalue weighted by Crippen LogP contribution is -2.48. The molecule has 1 amide bonds. The molecule has 1 atom stereocenters. The third-order valence-electron chi connectivity index (χ3n) is 4.48. The van der Waals surface area contributed by atoms with Crippen molar-refractivity contribution in [3.05, 3.63) is 72.4 Å². The van der Waals surface area contributed by atoms with E-state index in [2.05, 4.69) is 15.3 Å². The number of pyridine rings is 1. The molecule has 4 rings (SSSR count). The number of imidazole rings is 1. The van der Waals surface area contributed by atoms with Crippen LogP contribution >= 0.6 is 12.2 Å². The molecule has 2 aromatic heterocycles. The second-order valence-corrected chi connectivity index (χ2v) is 6.89. The Labute approximate surface area is 168 Å². The van der Waals surface area contributed by atoms with Crippen molar-refractivity contribution in [2.45, 2.75) is 12.6 Å². The third-order valence-corrected chi connectivity index (χ3v) is 5.04. The zero-order valence-corrected chi connectivity index (χ0v) is 16.1. The van der Waals surface area contributed by atoms with E-state index in [1.54, 1.807) is 29.7 Å². The van der Waals surface area contributed by atoms with Crippen molar-refractivity contribution in [2.24, 2.45) is 0 Å². The summed E-state index contributed by atoms with van der Waals surface area (Å²) in [5.41, 5.74) is 1.47. The summed E-state index contributed by atoms with van der Waals surface area (Å²) in [5, 5.41) is 2.92. The van der Waals surface area contributed by atoms with Crippen LogP contribution in [-0.4, -0.2) is 45.1 Å². The number of nitrogens with zero attached hydrogens (tertiary/aromatic N) is 4. The predicted molar refractivity (Wildman–Crippen MR) is 110 cm³/mol. The Kier molecular flexibility index (Phi) is 5.03. The van der Waals surface area contributed by atoms with Gasteiger partial charge in [-0.25, -0.2) is 9.97 Å². The zero-order valence-electron chi connectivity index (χ0n) is 15.3. The standard InChI is InChI=1S/C20H19N5O2S/c1-24-18-17(8-5-9-21-18)27-12-16(20(24)28)23-19(26)15-11-25(13-22-15)10-14-6-3-2-4-7-14/h2-9,11,13,16H,10,12H2,1H3,(H,23,26)/t16-/m0/s1. The zero-order chi connectivity index (χ0) is 19.5. The molecule has 0 fully saturated rings. The maximum atomic E-state index is 12.7. The Balaban J connectivity index is 1.45. The number of hydrogen-bond acceptors (Lipinski definition) is 5. The molecule has 0 aliphatic carbocycles. The molecule has 0 saturated heterocycles. The van der Waals surface area contributed by atoms with Gasteiger partial charge in [0.05, 0.1) is 6.33 Å². The summed E-state index contributed by atoms with van der Waals surface area (Å²) >= 11 is 5.54. The molecular weight excluding hydrogens is 374 g/mol. The van der Waals surface area contributed by atoms with Gasteiger partial charge in [0.2, 0.25) is 0 Å². The van der Waals surface area contributed by atoms with Crippen LogP contribution in [0.3, 0.4) is 0 Å². The number of amides is 1. The lowest BCUT2D eigenvalue weighted by atomic mass is 10.2. The smallest absolute Gasteiger partial charge is 0.272 e. The van der Waals surface area contributed by atoms with Gasteiger partial charge in [0.1, 0.15) is 23.3 Å². The van der Waals surface area contributed by atoms with E-state index in [0.717, 1.165) is 5.56 Å². The number of carbonyl (C=O) groups is 1. The lowest BCUT2D eigenvalue weighted by molar-refractivity contribution is 0.0933. The largest absolute Gasteiger partial charge is 0.487 e. The summed E-state index contributed by atoms with van der Waals surface area (Å²) in [6.45, 7) is 0.883.